The first kappa shape index (κ1) is 30.0. The van der Waals surface area contributed by atoms with Crippen LogP contribution < -0.4 is 0 Å². The Kier molecular flexibility index (Phi) is 8.51. The van der Waals surface area contributed by atoms with Crippen molar-refractivity contribution in [3.63, 3.8) is 0 Å². The van der Waals surface area contributed by atoms with Crippen molar-refractivity contribution in [2.75, 3.05) is 33.0 Å². The Balaban J connectivity index is 1.05. The van der Waals surface area contributed by atoms with Crippen LogP contribution in [0.15, 0.2) is 11.6 Å². The van der Waals surface area contributed by atoms with Crippen LogP contribution in [0, 0.1) is 52.8 Å². The smallest absolute Gasteiger partial charge is 0.332 e. The maximum atomic E-state index is 12.8. The monoisotopic (exact) mass is 560 g/mol. The number of esters is 2. The molecule has 1 N–H and O–H groups in total. The van der Waals surface area contributed by atoms with Crippen LogP contribution >= 0.6 is 0 Å². The number of aliphatic hydroxyl groups excluding tert-OH is 1. The first-order valence-electron chi connectivity index (χ1n) is 15.8. The van der Waals surface area contributed by atoms with E-state index in [4.69, 9.17) is 18.9 Å². The van der Waals surface area contributed by atoms with Gasteiger partial charge >= 0.3 is 11.9 Å². The van der Waals surface area contributed by atoms with Crippen LogP contribution in [-0.2, 0) is 28.5 Å². The fraction of sp³-hybridized carbons (Fsp3) is 0.879. The molecule has 0 heterocycles. The van der Waals surface area contributed by atoms with E-state index >= 15 is 0 Å². The van der Waals surface area contributed by atoms with Gasteiger partial charge in [-0.15, -0.1) is 0 Å². The highest BCUT2D eigenvalue weighted by Crippen LogP contribution is 2.60. The Morgan fingerprint density at radius 1 is 0.900 bits per heavy atom. The summed E-state index contributed by atoms with van der Waals surface area (Å²) in [6.45, 7) is 12.4. The third kappa shape index (κ3) is 5.76. The summed E-state index contributed by atoms with van der Waals surface area (Å²) in [4.78, 5) is 25.7. The molecule has 4 bridgehead atoms. The second-order valence-electron chi connectivity index (χ2n) is 15.1. The second-order valence-corrected chi connectivity index (χ2v) is 15.1. The molecule has 0 aromatic heterocycles. The number of allylic oxidation sites excluding steroid dienone is 1. The fourth-order valence-corrected chi connectivity index (χ4v) is 8.96. The van der Waals surface area contributed by atoms with E-state index in [1.807, 2.05) is 6.92 Å². The lowest BCUT2D eigenvalue weighted by molar-refractivity contribution is -0.190. The molecule has 7 nitrogen and oxygen atoms in total. The third-order valence-corrected chi connectivity index (χ3v) is 11.8. The predicted octanol–water partition coefficient (Wildman–Crippen LogP) is 5.34. The molecule has 7 heteroatoms. The van der Waals surface area contributed by atoms with Crippen molar-refractivity contribution in [2.24, 2.45) is 52.8 Å². The first-order chi connectivity index (χ1) is 18.8. The van der Waals surface area contributed by atoms with E-state index in [1.165, 1.54) is 12.8 Å². The Morgan fingerprint density at radius 2 is 1.52 bits per heavy atom. The highest BCUT2D eigenvalue weighted by molar-refractivity contribution is 5.71. The van der Waals surface area contributed by atoms with E-state index in [0.29, 0.717) is 29.6 Å². The lowest BCUT2D eigenvalue weighted by Crippen LogP contribution is -2.52. The molecular formula is C33H52O7. The van der Waals surface area contributed by atoms with E-state index in [9.17, 15) is 14.7 Å². The molecule has 0 aliphatic heterocycles. The summed E-state index contributed by atoms with van der Waals surface area (Å²) >= 11 is 0. The van der Waals surface area contributed by atoms with Gasteiger partial charge in [-0.1, -0.05) is 39.3 Å². The van der Waals surface area contributed by atoms with Gasteiger partial charge in [0.1, 0.15) is 24.4 Å². The molecule has 5 rings (SSSR count). The minimum absolute atomic E-state index is 0.119. The molecule has 11 atom stereocenters. The van der Waals surface area contributed by atoms with Gasteiger partial charge < -0.3 is 24.1 Å². The first-order valence-corrected chi connectivity index (χ1v) is 15.8. The van der Waals surface area contributed by atoms with Gasteiger partial charge in [0.25, 0.3) is 0 Å². The molecule has 226 valence electrons. The van der Waals surface area contributed by atoms with Crippen LogP contribution in [0.1, 0.15) is 86.5 Å². The van der Waals surface area contributed by atoms with Gasteiger partial charge in [0.15, 0.2) is 0 Å². The molecule has 0 amide bonds. The van der Waals surface area contributed by atoms with Crippen molar-refractivity contribution in [3.8, 4) is 0 Å². The van der Waals surface area contributed by atoms with Crippen molar-refractivity contribution in [1.29, 1.82) is 0 Å². The maximum Gasteiger partial charge on any atom is 0.332 e. The fourth-order valence-electron chi connectivity index (χ4n) is 8.96. The Bertz CT molecular complexity index is 989. The summed E-state index contributed by atoms with van der Waals surface area (Å²) in [5.41, 5.74) is -0.170. The summed E-state index contributed by atoms with van der Waals surface area (Å²) < 4.78 is 23.6. The largest absolute Gasteiger partial charge is 0.457 e. The van der Waals surface area contributed by atoms with Crippen molar-refractivity contribution >= 4 is 11.9 Å². The van der Waals surface area contributed by atoms with E-state index in [-0.39, 0.29) is 50.9 Å². The zero-order valence-electron chi connectivity index (χ0n) is 25.6. The van der Waals surface area contributed by atoms with Gasteiger partial charge in [-0.05, 0) is 100 Å². The van der Waals surface area contributed by atoms with E-state index in [1.54, 1.807) is 5.57 Å². The third-order valence-electron chi connectivity index (χ3n) is 11.8. The number of ether oxygens (including phenoxy) is 4. The highest BCUT2D eigenvalue weighted by atomic mass is 16.6. The van der Waals surface area contributed by atoms with Crippen LogP contribution in [0.4, 0.5) is 0 Å². The number of fused-ring (bicyclic) bond motifs is 3. The van der Waals surface area contributed by atoms with Gasteiger partial charge in [0.2, 0.25) is 0 Å². The van der Waals surface area contributed by atoms with Gasteiger partial charge in [0.05, 0.1) is 19.8 Å². The summed E-state index contributed by atoms with van der Waals surface area (Å²) in [5.74, 6) is 3.43. The molecule has 0 radical (unpaired) electrons. The number of aliphatic hydroxyl groups is 1. The summed E-state index contributed by atoms with van der Waals surface area (Å²) in [6.07, 6.45) is 10.4. The molecule has 0 aromatic carbocycles. The standard InChI is InChI=1S/C33H52O7/c1-20-7-23-9-21(2)32(5,26(8-20)11-23)39-29(35)15-37-18-31(4,17-34)19-38-16-30(36)40-33(6)22(3)10-24-12-25-13-27(33)14-28(24)25/h10,20-23,25-28,34H,7-9,11-19H2,1-6H3. The minimum Gasteiger partial charge on any atom is -0.457 e. The summed E-state index contributed by atoms with van der Waals surface area (Å²) in [7, 11) is 0. The average Bonchev–Trinajstić information content (AvgIpc) is 3.19. The highest BCUT2D eigenvalue weighted by Gasteiger charge is 2.55. The second kappa shape index (κ2) is 11.3. The van der Waals surface area contributed by atoms with Crippen molar-refractivity contribution in [3.05, 3.63) is 11.6 Å². The number of hydrogen-bond donors (Lipinski definition) is 1. The van der Waals surface area contributed by atoms with Crippen LogP contribution in [0.25, 0.3) is 0 Å². The summed E-state index contributed by atoms with van der Waals surface area (Å²) in [6, 6.07) is 0. The molecule has 11 unspecified atom stereocenters. The van der Waals surface area contributed by atoms with Crippen LogP contribution in [-0.4, -0.2) is 61.3 Å². The summed E-state index contributed by atoms with van der Waals surface area (Å²) in [5, 5.41) is 10.0. The normalized spacial score (nSPS) is 43.1. The predicted molar refractivity (Wildman–Crippen MR) is 151 cm³/mol. The van der Waals surface area contributed by atoms with Gasteiger partial charge in [0, 0.05) is 11.3 Å². The topological polar surface area (TPSA) is 91.3 Å². The number of carbonyl (C=O) groups is 2. The molecular weight excluding hydrogens is 508 g/mol. The molecule has 40 heavy (non-hydrogen) atoms. The van der Waals surface area contributed by atoms with Gasteiger partial charge in [-0.3, -0.25) is 0 Å². The Morgan fingerprint density at radius 3 is 2.17 bits per heavy atom. The van der Waals surface area contributed by atoms with Crippen LogP contribution in [0.3, 0.4) is 0 Å². The average molecular weight is 561 g/mol. The molecule has 4 saturated carbocycles. The quantitative estimate of drug-likeness (QED) is 0.270. The molecule has 0 spiro atoms. The van der Waals surface area contributed by atoms with E-state index in [2.05, 4.69) is 40.7 Å². The van der Waals surface area contributed by atoms with E-state index in [0.717, 1.165) is 43.9 Å². The lowest BCUT2D eigenvalue weighted by Gasteiger charge is -2.52. The molecule has 4 fully saturated rings. The Labute approximate surface area is 240 Å². The molecule has 5 aliphatic carbocycles. The van der Waals surface area contributed by atoms with Gasteiger partial charge in [-0.25, -0.2) is 9.59 Å². The zero-order chi connectivity index (χ0) is 28.9. The number of rotatable bonds is 11. The van der Waals surface area contributed by atoms with Gasteiger partial charge in [-0.2, -0.15) is 0 Å². The number of carbonyl (C=O) groups excluding carboxylic acids is 2. The van der Waals surface area contributed by atoms with Crippen molar-refractivity contribution in [2.45, 2.75) is 97.7 Å². The zero-order valence-corrected chi connectivity index (χ0v) is 25.6. The minimum atomic E-state index is -0.751. The molecule has 0 aromatic rings. The molecule has 5 aliphatic rings. The van der Waals surface area contributed by atoms with E-state index < -0.39 is 16.6 Å². The Hall–Kier alpha value is -1.44. The number of hydrogen-bond acceptors (Lipinski definition) is 7. The van der Waals surface area contributed by atoms with Crippen LogP contribution in [0.2, 0.25) is 0 Å². The SMILES string of the molecule is CC1CC2CC(C)C(C)(OC(=O)COCC(C)(CO)COCC(=O)OC3(C)C(C)C=C4CC5CC3CC45)C(C1)C2. The lowest BCUT2D eigenvalue weighted by atomic mass is 9.58. The van der Waals surface area contributed by atoms with Crippen LogP contribution in [0.5, 0.6) is 0 Å². The molecule has 0 saturated heterocycles. The maximum absolute atomic E-state index is 12.8. The van der Waals surface area contributed by atoms with Crippen molar-refractivity contribution < 1.29 is 33.6 Å². The van der Waals surface area contributed by atoms with Crippen molar-refractivity contribution in [1.82, 2.24) is 0 Å².